The molecule has 0 aliphatic heterocycles. The van der Waals surface area contributed by atoms with Gasteiger partial charge in [0.25, 0.3) is 0 Å². The number of hydrogen-bond donors (Lipinski definition) is 0. The molecule has 14 heavy (non-hydrogen) atoms. The van der Waals surface area contributed by atoms with Crippen molar-refractivity contribution in [2.75, 3.05) is 14.2 Å². The highest BCUT2D eigenvalue weighted by Gasteiger charge is 2.38. The summed E-state index contributed by atoms with van der Waals surface area (Å²) < 4.78 is 9.75. The maximum Gasteiger partial charge on any atom is 0.308 e. The van der Waals surface area contributed by atoms with Gasteiger partial charge in [0.2, 0.25) is 0 Å². The molecule has 1 fully saturated rings. The second-order valence-corrected chi connectivity index (χ2v) is 3.24. The molecule has 6 nitrogen and oxygen atoms in total. The van der Waals surface area contributed by atoms with Crippen LogP contribution in [0.15, 0.2) is 5.11 Å². The van der Waals surface area contributed by atoms with E-state index in [1.165, 1.54) is 7.11 Å². The third kappa shape index (κ3) is 2.16. The summed E-state index contributed by atoms with van der Waals surface area (Å²) in [6.07, 6.45) is 0.900. The molecule has 0 heterocycles. The monoisotopic (exact) mass is 199 g/mol. The molecule has 0 bridgehead atoms. The third-order valence-corrected chi connectivity index (χ3v) is 2.51. The van der Waals surface area contributed by atoms with Crippen molar-refractivity contribution in [3.8, 4) is 0 Å². The first kappa shape index (κ1) is 10.8. The van der Waals surface area contributed by atoms with Crippen molar-refractivity contribution in [3.63, 3.8) is 0 Å². The van der Waals surface area contributed by atoms with Crippen LogP contribution in [0.3, 0.4) is 0 Å². The fourth-order valence-corrected chi connectivity index (χ4v) is 1.78. The Labute approximate surface area is 81.8 Å². The summed E-state index contributed by atoms with van der Waals surface area (Å²) in [5, 5.41) is 3.59. The molecule has 0 aromatic carbocycles. The molecular weight excluding hydrogens is 186 g/mol. The molecular formula is C8H13N3O3. The summed E-state index contributed by atoms with van der Waals surface area (Å²) in [6, 6.07) is -0.255. The lowest BCUT2D eigenvalue weighted by Crippen LogP contribution is -2.18. The summed E-state index contributed by atoms with van der Waals surface area (Å²) >= 11 is 0. The lowest BCUT2D eigenvalue weighted by Gasteiger charge is -2.11. The van der Waals surface area contributed by atoms with E-state index in [2.05, 4.69) is 14.8 Å². The van der Waals surface area contributed by atoms with Crippen LogP contribution in [-0.2, 0) is 14.3 Å². The van der Waals surface area contributed by atoms with Crippen LogP contribution < -0.4 is 0 Å². The van der Waals surface area contributed by atoms with Crippen LogP contribution in [0, 0.1) is 5.92 Å². The average molecular weight is 199 g/mol. The lowest BCUT2D eigenvalue weighted by molar-refractivity contribution is -0.145. The normalized spacial score (nSPS) is 30.9. The van der Waals surface area contributed by atoms with Gasteiger partial charge >= 0.3 is 5.97 Å². The lowest BCUT2D eigenvalue weighted by atomic mass is 10.1. The summed E-state index contributed by atoms with van der Waals surface area (Å²) in [5.74, 6) is -0.469. The van der Waals surface area contributed by atoms with Gasteiger partial charge in [-0.1, -0.05) is 5.11 Å². The van der Waals surface area contributed by atoms with E-state index in [0.29, 0.717) is 12.8 Å². The van der Waals surface area contributed by atoms with Crippen molar-refractivity contribution in [1.82, 2.24) is 0 Å². The Morgan fingerprint density at radius 2 is 2.21 bits per heavy atom. The van der Waals surface area contributed by atoms with E-state index in [4.69, 9.17) is 10.3 Å². The molecule has 6 heteroatoms. The molecule has 1 aliphatic rings. The molecule has 0 aromatic rings. The van der Waals surface area contributed by atoms with Crippen LogP contribution in [0.4, 0.5) is 0 Å². The Morgan fingerprint density at radius 1 is 1.50 bits per heavy atom. The molecule has 0 amide bonds. The molecule has 1 aliphatic carbocycles. The highest BCUT2D eigenvalue weighted by atomic mass is 16.5. The maximum absolute atomic E-state index is 11.2. The van der Waals surface area contributed by atoms with Gasteiger partial charge in [-0.25, -0.2) is 0 Å². The van der Waals surface area contributed by atoms with Crippen molar-refractivity contribution in [3.05, 3.63) is 10.4 Å². The Hall–Kier alpha value is -1.26. The first-order valence-corrected chi connectivity index (χ1v) is 4.37. The molecule has 3 atom stereocenters. The van der Waals surface area contributed by atoms with E-state index in [1.54, 1.807) is 7.11 Å². The molecule has 0 aromatic heterocycles. The van der Waals surface area contributed by atoms with Crippen LogP contribution >= 0.6 is 0 Å². The topological polar surface area (TPSA) is 84.3 Å². The summed E-state index contributed by atoms with van der Waals surface area (Å²) in [7, 11) is 2.90. The van der Waals surface area contributed by atoms with E-state index < -0.39 is 0 Å². The molecule has 78 valence electrons. The van der Waals surface area contributed by atoms with Gasteiger partial charge in [-0.15, -0.1) is 0 Å². The Bertz CT molecular complexity index is 263. The number of ether oxygens (including phenoxy) is 2. The van der Waals surface area contributed by atoms with E-state index >= 15 is 0 Å². The zero-order valence-corrected chi connectivity index (χ0v) is 8.21. The highest BCUT2D eigenvalue weighted by molar-refractivity contribution is 5.72. The van der Waals surface area contributed by atoms with E-state index in [9.17, 15) is 4.79 Å². The molecule has 1 unspecified atom stereocenters. The van der Waals surface area contributed by atoms with Gasteiger partial charge in [0, 0.05) is 12.0 Å². The van der Waals surface area contributed by atoms with Gasteiger partial charge < -0.3 is 9.47 Å². The number of esters is 1. The smallest absolute Gasteiger partial charge is 0.308 e. The number of hydrogen-bond acceptors (Lipinski definition) is 4. The number of rotatable bonds is 3. The Morgan fingerprint density at radius 3 is 2.71 bits per heavy atom. The minimum atomic E-state index is -0.261. The van der Waals surface area contributed by atoms with Crippen LogP contribution in [0.5, 0.6) is 0 Å². The average Bonchev–Trinajstić information content (AvgIpc) is 2.60. The van der Waals surface area contributed by atoms with Gasteiger partial charge in [-0.3, -0.25) is 4.79 Å². The summed E-state index contributed by atoms with van der Waals surface area (Å²) in [4.78, 5) is 13.9. The van der Waals surface area contributed by atoms with Crippen LogP contribution in [0.25, 0.3) is 10.4 Å². The first-order valence-electron chi connectivity index (χ1n) is 4.37. The number of carbonyl (C=O) groups is 1. The Balaban J connectivity index is 2.64. The zero-order valence-electron chi connectivity index (χ0n) is 8.21. The van der Waals surface area contributed by atoms with Crippen LogP contribution in [-0.4, -0.2) is 32.3 Å². The van der Waals surface area contributed by atoms with E-state index in [0.717, 1.165) is 0 Å². The van der Waals surface area contributed by atoms with Gasteiger partial charge in [0.05, 0.1) is 25.2 Å². The fraction of sp³-hybridized carbons (Fsp3) is 0.875. The highest BCUT2D eigenvalue weighted by Crippen LogP contribution is 2.31. The van der Waals surface area contributed by atoms with Crippen LogP contribution in [0.1, 0.15) is 12.8 Å². The number of nitrogens with zero attached hydrogens (tertiary/aromatic N) is 3. The Kier molecular flexibility index (Phi) is 3.73. The molecule has 0 spiro atoms. The van der Waals surface area contributed by atoms with Gasteiger partial charge in [-0.2, -0.15) is 0 Å². The van der Waals surface area contributed by atoms with Gasteiger partial charge in [0.1, 0.15) is 0 Å². The molecule has 0 saturated heterocycles. The summed E-state index contributed by atoms with van der Waals surface area (Å²) in [6.45, 7) is 0. The molecule has 0 N–H and O–H groups in total. The minimum absolute atomic E-state index is 0.171. The minimum Gasteiger partial charge on any atom is -0.469 e. The number of methoxy groups -OCH3 is 2. The molecule has 1 saturated carbocycles. The van der Waals surface area contributed by atoms with Crippen molar-refractivity contribution in [2.24, 2.45) is 11.0 Å². The predicted molar refractivity (Wildman–Crippen MR) is 48.5 cm³/mol. The predicted octanol–water partition coefficient (Wildman–Crippen LogP) is 1.26. The second-order valence-electron chi connectivity index (χ2n) is 3.24. The first-order chi connectivity index (χ1) is 6.72. The fourth-order valence-electron chi connectivity index (χ4n) is 1.78. The molecule has 0 radical (unpaired) electrons. The molecule has 1 rings (SSSR count). The quantitative estimate of drug-likeness (QED) is 0.297. The SMILES string of the molecule is COC(=O)C1C[C@H](N=[N+]=[N-])[C@@H](OC)C1. The van der Waals surface area contributed by atoms with E-state index in [-0.39, 0.29) is 24.0 Å². The second kappa shape index (κ2) is 4.83. The van der Waals surface area contributed by atoms with Crippen molar-refractivity contribution in [1.29, 1.82) is 0 Å². The third-order valence-electron chi connectivity index (χ3n) is 2.51. The van der Waals surface area contributed by atoms with Crippen LogP contribution in [0.2, 0.25) is 0 Å². The van der Waals surface area contributed by atoms with Crippen molar-refractivity contribution in [2.45, 2.75) is 25.0 Å². The van der Waals surface area contributed by atoms with Gasteiger partial charge in [0.15, 0.2) is 0 Å². The number of carbonyl (C=O) groups excluding carboxylic acids is 1. The largest absolute Gasteiger partial charge is 0.469 e. The van der Waals surface area contributed by atoms with E-state index in [1.807, 2.05) is 0 Å². The summed E-state index contributed by atoms with van der Waals surface area (Å²) in [5.41, 5.74) is 8.31. The zero-order chi connectivity index (χ0) is 10.6. The van der Waals surface area contributed by atoms with Crippen molar-refractivity contribution < 1.29 is 14.3 Å². The van der Waals surface area contributed by atoms with Crippen molar-refractivity contribution >= 4 is 5.97 Å². The standard InChI is InChI=1S/C8H13N3O3/c1-13-7-4-5(8(12)14-2)3-6(7)10-11-9/h5-7H,3-4H2,1-2H3/t5?,6-,7-/m0/s1. The maximum atomic E-state index is 11.2. The number of azide groups is 1. The van der Waals surface area contributed by atoms with Gasteiger partial charge in [-0.05, 0) is 18.4 Å².